The van der Waals surface area contributed by atoms with Crippen molar-refractivity contribution in [1.29, 1.82) is 0 Å². The molecule has 2 saturated carbocycles. The van der Waals surface area contributed by atoms with Crippen LogP contribution in [-0.2, 0) is 24.3 Å². The number of allylic oxidation sites excluding steroid dienone is 1. The van der Waals surface area contributed by atoms with Gasteiger partial charge in [-0.2, -0.15) is 18.3 Å². The topological polar surface area (TPSA) is 203 Å². The summed E-state index contributed by atoms with van der Waals surface area (Å²) in [5.41, 5.74) is -1.17. The summed E-state index contributed by atoms with van der Waals surface area (Å²) in [5.74, 6) is -1.08. The number of halogens is 3. The van der Waals surface area contributed by atoms with Crippen molar-refractivity contribution >= 4 is 34.0 Å². The summed E-state index contributed by atoms with van der Waals surface area (Å²) in [7, 11) is -4.11. The SMILES string of the molecule is CC(C)Oc1ccc(-c2cc(O[C@@H]3C[C@H]4C(=O)N[C@]5(C(=O)NS(=O)(=O)C6(C)CC6)C[C@@H]5/C=C\CC[C@@H](C)C[C@@H](C)N(NC(=O)OC(C)(C)C(F)(F)F)C(=O)N4C3)cc(-n3cccn3)n2)cc1. The van der Waals surface area contributed by atoms with Gasteiger partial charge in [0.25, 0.3) is 5.91 Å². The molecule has 5 amide bonds. The fourth-order valence-corrected chi connectivity index (χ4v) is 9.46. The molecule has 0 unspecified atom stereocenters. The van der Waals surface area contributed by atoms with Crippen LogP contribution in [0.1, 0.15) is 93.4 Å². The van der Waals surface area contributed by atoms with Crippen LogP contribution in [0.3, 0.4) is 0 Å². The summed E-state index contributed by atoms with van der Waals surface area (Å²) >= 11 is 0. The number of benzene rings is 1. The molecule has 0 spiro atoms. The zero-order chi connectivity index (χ0) is 48.0. The van der Waals surface area contributed by atoms with Crippen LogP contribution in [0.25, 0.3) is 17.1 Å². The maximum Gasteiger partial charge on any atom is 0.427 e. The predicted octanol–water partition coefficient (Wildman–Crippen LogP) is 6.59. The number of alkyl halides is 3. The first-order valence-corrected chi connectivity index (χ1v) is 23.6. The lowest BCUT2D eigenvalue weighted by Gasteiger charge is -2.36. The average molecular weight is 943 g/mol. The van der Waals surface area contributed by atoms with Crippen molar-refractivity contribution in [1.82, 2.24) is 40.1 Å². The smallest absolute Gasteiger partial charge is 0.427 e. The molecule has 6 atom stereocenters. The average Bonchev–Trinajstić information content (AvgIpc) is 3.98. The molecule has 66 heavy (non-hydrogen) atoms. The second-order valence-electron chi connectivity index (χ2n) is 18.8. The van der Waals surface area contributed by atoms with Gasteiger partial charge in [0.2, 0.25) is 21.5 Å². The quantitative estimate of drug-likeness (QED) is 0.175. The molecular weight excluding hydrogens is 886 g/mol. The molecule has 2 aromatic heterocycles. The van der Waals surface area contributed by atoms with Gasteiger partial charge in [0.05, 0.1) is 29.1 Å². The number of carbonyl (C=O) groups excluding carboxylic acids is 4. The van der Waals surface area contributed by atoms with E-state index in [9.17, 15) is 40.8 Å². The van der Waals surface area contributed by atoms with Gasteiger partial charge in [0, 0.05) is 42.4 Å². The number of aromatic nitrogens is 3. The van der Waals surface area contributed by atoms with Gasteiger partial charge in [0.15, 0.2) is 5.82 Å². The highest BCUT2D eigenvalue weighted by Crippen LogP contribution is 2.48. The zero-order valence-electron chi connectivity index (χ0n) is 37.9. The first-order chi connectivity index (χ1) is 30.9. The fraction of sp³-hybridized carbons (Fsp3) is 0.556. The number of carbonyl (C=O) groups is 4. The minimum atomic E-state index is -4.95. The van der Waals surface area contributed by atoms with Gasteiger partial charge in [-0.25, -0.2) is 38.1 Å². The largest absolute Gasteiger partial charge is 0.491 e. The van der Waals surface area contributed by atoms with Crippen LogP contribution in [0.4, 0.5) is 22.8 Å². The van der Waals surface area contributed by atoms with E-state index in [4.69, 9.17) is 19.2 Å². The molecule has 0 radical (unpaired) electrons. The number of fused-ring (bicyclic) bond motifs is 2. The second-order valence-corrected chi connectivity index (χ2v) is 21.0. The van der Waals surface area contributed by atoms with E-state index >= 15 is 0 Å². The molecule has 0 bridgehead atoms. The lowest BCUT2D eigenvalue weighted by atomic mass is 9.97. The normalized spacial score (nSPS) is 26.2. The highest BCUT2D eigenvalue weighted by atomic mass is 32.2. The minimum Gasteiger partial charge on any atom is -0.491 e. The Morgan fingerprint density at radius 2 is 1.74 bits per heavy atom. The highest BCUT2D eigenvalue weighted by Gasteiger charge is 2.63. The van der Waals surface area contributed by atoms with Crippen molar-refractivity contribution in [2.24, 2.45) is 11.8 Å². The lowest BCUT2D eigenvalue weighted by Crippen LogP contribution is -2.61. The summed E-state index contributed by atoms with van der Waals surface area (Å²) in [4.78, 5) is 62.8. The highest BCUT2D eigenvalue weighted by molar-refractivity contribution is 7.91. The number of hydrogen-bond donors (Lipinski definition) is 3. The zero-order valence-corrected chi connectivity index (χ0v) is 38.7. The first kappa shape index (κ1) is 48.1. The molecule has 2 aliphatic heterocycles. The van der Waals surface area contributed by atoms with Gasteiger partial charge in [0.1, 0.15) is 29.2 Å². The number of amides is 5. The standard InChI is InChI=1S/C45H57F3N8O9S/c1-27(2)63-32-15-13-30(14-16-32)35-22-33(24-37(50-35)55-20-10-19-49-55)64-34-23-36-38(57)51-44(39(58)53-66(61,62)43(7)17-18-43)25-31(44)12-9-8-11-28(3)21-29(4)56(41(60)54(36)26-34)52-40(59)65-42(5,6)45(46,47)48/h9-10,12-16,19-20,22,24,27-29,31,34,36H,8,11,17-18,21,23,25-26H2,1-7H3,(H,51,57)(H,52,59)(H,53,58)/b12-9-/t28-,29-,31+,34-,36+,44-/m1/s1. The van der Waals surface area contributed by atoms with Crippen LogP contribution in [0, 0.1) is 11.8 Å². The number of nitrogens with one attached hydrogen (secondary N) is 3. The van der Waals surface area contributed by atoms with E-state index in [1.165, 1.54) is 11.6 Å². The summed E-state index contributed by atoms with van der Waals surface area (Å²) in [6, 6.07) is 9.12. The molecule has 3 fully saturated rings. The van der Waals surface area contributed by atoms with Crippen molar-refractivity contribution in [3.63, 3.8) is 0 Å². The van der Waals surface area contributed by atoms with Crippen LogP contribution in [0.5, 0.6) is 11.5 Å². The monoisotopic (exact) mass is 942 g/mol. The third-order valence-electron chi connectivity index (χ3n) is 12.6. The number of hydrogen-bond acceptors (Lipinski definition) is 11. The summed E-state index contributed by atoms with van der Waals surface area (Å²) in [6.07, 6.45) is 1.44. The summed E-state index contributed by atoms with van der Waals surface area (Å²) in [5, 5.41) is 7.99. The number of hydrazine groups is 1. The Kier molecular flexibility index (Phi) is 13.2. The Bertz CT molecular complexity index is 2440. The summed E-state index contributed by atoms with van der Waals surface area (Å²) in [6.45, 7) is 9.97. The molecule has 358 valence electrons. The number of sulfonamides is 1. The predicted molar refractivity (Wildman–Crippen MR) is 234 cm³/mol. The molecule has 7 rings (SSSR count). The third-order valence-corrected chi connectivity index (χ3v) is 14.7. The van der Waals surface area contributed by atoms with E-state index in [0.717, 1.165) is 9.91 Å². The van der Waals surface area contributed by atoms with Gasteiger partial charge in [-0.1, -0.05) is 19.1 Å². The number of urea groups is 1. The van der Waals surface area contributed by atoms with E-state index in [0.29, 0.717) is 62.4 Å². The Morgan fingerprint density at radius 3 is 2.38 bits per heavy atom. The molecule has 1 aromatic carbocycles. The first-order valence-electron chi connectivity index (χ1n) is 22.1. The van der Waals surface area contributed by atoms with Crippen LogP contribution in [0.15, 0.2) is 67.0 Å². The summed E-state index contributed by atoms with van der Waals surface area (Å²) < 4.78 is 87.9. The Balaban J connectivity index is 1.24. The number of pyridine rings is 1. The molecule has 21 heteroatoms. The van der Waals surface area contributed by atoms with Gasteiger partial charge >= 0.3 is 18.3 Å². The molecule has 4 heterocycles. The Morgan fingerprint density at radius 1 is 1.03 bits per heavy atom. The van der Waals surface area contributed by atoms with Crippen molar-refractivity contribution in [3.8, 4) is 28.6 Å². The van der Waals surface area contributed by atoms with E-state index in [1.807, 2.05) is 39.0 Å². The van der Waals surface area contributed by atoms with Crippen molar-refractivity contribution < 1.29 is 55.0 Å². The molecule has 1 saturated heterocycles. The Hall–Kier alpha value is -5.86. The van der Waals surface area contributed by atoms with Crippen molar-refractivity contribution in [2.75, 3.05) is 6.54 Å². The van der Waals surface area contributed by atoms with E-state index in [1.54, 1.807) is 55.7 Å². The van der Waals surface area contributed by atoms with Gasteiger partial charge < -0.3 is 24.4 Å². The third kappa shape index (κ3) is 10.4. The minimum absolute atomic E-state index is 0.0472. The van der Waals surface area contributed by atoms with Crippen molar-refractivity contribution in [3.05, 3.63) is 67.0 Å². The molecule has 17 nitrogen and oxygen atoms in total. The maximum atomic E-state index is 14.9. The molecule has 3 aromatic rings. The van der Waals surface area contributed by atoms with Gasteiger partial charge in [-0.05, 0) is 116 Å². The number of nitrogens with zero attached hydrogens (tertiary/aromatic N) is 5. The number of rotatable bonds is 11. The van der Waals surface area contributed by atoms with E-state index < -0.39 is 80.1 Å². The molecule has 4 aliphatic rings. The number of ether oxygens (including phenoxy) is 3. The second kappa shape index (κ2) is 18.1. The Labute approximate surface area is 381 Å². The fourth-order valence-electron chi connectivity index (χ4n) is 8.15. The van der Waals surface area contributed by atoms with Crippen LogP contribution < -0.4 is 24.9 Å². The van der Waals surface area contributed by atoms with Crippen molar-refractivity contribution in [2.45, 2.75) is 140 Å². The van der Waals surface area contributed by atoms with Gasteiger partial charge in [-0.15, -0.1) is 0 Å². The molecule has 3 N–H and O–H groups in total. The van der Waals surface area contributed by atoms with Gasteiger partial charge in [-0.3, -0.25) is 14.3 Å². The van der Waals surface area contributed by atoms with Crippen LogP contribution in [-0.4, -0.2) is 110 Å². The molecular formula is C45H57F3N8O9S. The van der Waals surface area contributed by atoms with E-state index in [2.05, 4.69) is 20.6 Å². The van der Waals surface area contributed by atoms with E-state index in [-0.39, 0.29) is 43.6 Å². The van der Waals surface area contributed by atoms with Crippen LogP contribution >= 0.6 is 0 Å². The maximum absolute atomic E-state index is 14.9. The molecule has 2 aliphatic carbocycles. The lowest BCUT2D eigenvalue weighted by molar-refractivity contribution is -0.244. The van der Waals surface area contributed by atoms with Crippen LogP contribution in [0.2, 0.25) is 0 Å².